The van der Waals surface area contributed by atoms with Crippen molar-refractivity contribution in [3.8, 4) is 0 Å². The number of hydrogen-bond acceptors (Lipinski definition) is 2. The molecule has 0 spiro atoms. The molecular formula is C29H44N2O3. The van der Waals surface area contributed by atoms with Crippen molar-refractivity contribution in [1.82, 2.24) is 10.3 Å². The van der Waals surface area contributed by atoms with Crippen LogP contribution in [-0.2, 0) is 16.0 Å². The molecule has 0 aliphatic rings. The van der Waals surface area contributed by atoms with Gasteiger partial charge < -0.3 is 15.4 Å². The van der Waals surface area contributed by atoms with Gasteiger partial charge in [-0.25, -0.2) is 4.79 Å². The molecule has 0 radical (unpaired) electrons. The molecule has 0 saturated heterocycles. The van der Waals surface area contributed by atoms with E-state index in [0.717, 1.165) is 42.1 Å². The van der Waals surface area contributed by atoms with Gasteiger partial charge in [-0.2, -0.15) is 0 Å². The Balaban J connectivity index is 1.52. The first kappa shape index (κ1) is 27.7. The topological polar surface area (TPSA) is 82.2 Å². The minimum absolute atomic E-state index is 0.176. The summed E-state index contributed by atoms with van der Waals surface area (Å²) in [6, 6.07) is 6.89. The average molecular weight is 469 g/mol. The summed E-state index contributed by atoms with van der Waals surface area (Å²) in [5.74, 6) is -1.17. The summed E-state index contributed by atoms with van der Waals surface area (Å²) < 4.78 is 0. The Morgan fingerprint density at radius 2 is 1.53 bits per heavy atom. The van der Waals surface area contributed by atoms with Crippen LogP contribution in [0.5, 0.6) is 0 Å². The predicted octanol–water partition coefficient (Wildman–Crippen LogP) is 7.32. The Bertz CT molecular complexity index is 871. The predicted molar refractivity (Wildman–Crippen MR) is 141 cm³/mol. The number of rotatable bonds is 19. The standard InChI is InChI=1S/C29H44N2O3/c1-2-3-4-5-6-7-8-9-10-11-12-13-14-15-16-21-28(32)31-27(29(33)34)22-24-23-30-26-20-18-17-19-25(24)26/h9-10,17-20,23,27,30H,2-8,11-16,21-22H2,1H3,(H,31,32)(H,33,34)/b10-9-/t27-/m1/s1. The van der Waals surface area contributed by atoms with Gasteiger partial charge in [0.05, 0.1) is 0 Å². The third kappa shape index (κ3) is 11.0. The quantitative estimate of drug-likeness (QED) is 0.149. The summed E-state index contributed by atoms with van der Waals surface area (Å²) in [4.78, 5) is 27.1. The van der Waals surface area contributed by atoms with E-state index < -0.39 is 12.0 Å². The lowest BCUT2D eigenvalue weighted by molar-refractivity contribution is -0.141. The number of carboxylic acid groups (broad SMARTS) is 1. The van der Waals surface area contributed by atoms with Crippen LogP contribution < -0.4 is 5.32 Å². The smallest absolute Gasteiger partial charge is 0.326 e. The third-order valence-electron chi connectivity index (χ3n) is 6.40. The lowest BCUT2D eigenvalue weighted by Crippen LogP contribution is -2.42. The van der Waals surface area contributed by atoms with Crippen molar-refractivity contribution in [3.05, 3.63) is 48.2 Å². The van der Waals surface area contributed by atoms with Crippen LogP contribution in [0.4, 0.5) is 0 Å². The molecule has 2 rings (SSSR count). The van der Waals surface area contributed by atoms with Gasteiger partial charge in [0.15, 0.2) is 0 Å². The third-order valence-corrected chi connectivity index (χ3v) is 6.40. The Morgan fingerprint density at radius 3 is 2.21 bits per heavy atom. The van der Waals surface area contributed by atoms with Crippen molar-refractivity contribution < 1.29 is 14.7 Å². The van der Waals surface area contributed by atoms with Gasteiger partial charge in [-0.05, 0) is 43.7 Å². The molecule has 1 amide bonds. The van der Waals surface area contributed by atoms with E-state index in [9.17, 15) is 14.7 Å². The van der Waals surface area contributed by atoms with Crippen LogP contribution in [0.15, 0.2) is 42.6 Å². The molecule has 34 heavy (non-hydrogen) atoms. The van der Waals surface area contributed by atoms with E-state index in [0.29, 0.717) is 6.42 Å². The molecule has 1 aromatic carbocycles. The highest BCUT2D eigenvalue weighted by atomic mass is 16.4. The van der Waals surface area contributed by atoms with Gasteiger partial charge >= 0.3 is 5.97 Å². The molecule has 0 bridgehead atoms. The van der Waals surface area contributed by atoms with Crippen LogP contribution in [0.25, 0.3) is 10.9 Å². The maximum Gasteiger partial charge on any atom is 0.326 e. The summed E-state index contributed by atoms with van der Waals surface area (Å²) in [6.45, 7) is 2.25. The number of allylic oxidation sites excluding steroid dienone is 2. The van der Waals surface area contributed by atoms with Crippen LogP contribution >= 0.6 is 0 Å². The van der Waals surface area contributed by atoms with Crippen LogP contribution in [0.3, 0.4) is 0 Å². The van der Waals surface area contributed by atoms with Crippen LogP contribution in [0, 0.1) is 0 Å². The zero-order chi connectivity index (χ0) is 24.4. The van der Waals surface area contributed by atoms with Crippen molar-refractivity contribution in [2.45, 2.75) is 109 Å². The van der Waals surface area contributed by atoms with E-state index in [1.165, 1.54) is 57.8 Å². The number of unbranched alkanes of at least 4 members (excludes halogenated alkanes) is 11. The fourth-order valence-corrected chi connectivity index (χ4v) is 4.34. The van der Waals surface area contributed by atoms with E-state index in [-0.39, 0.29) is 12.3 Å². The first-order chi connectivity index (χ1) is 16.6. The van der Waals surface area contributed by atoms with E-state index in [1.54, 1.807) is 0 Å². The number of fused-ring (bicyclic) bond motifs is 1. The number of aromatic nitrogens is 1. The Kier molecular flexibility index (Phi) is 13.8. The zero-order valence-corrected chi connectivity index (χ0v) is 21.0. The van der Waals surface area contributed by atoms with Crippen LogP contribution in [-0.4, -0.2) is 28.0 Å². The second-order valence-corrected chi connectivity index (χ2v) is 9.36. The first-order valence-electron chi connectivity index (χ1n) is 13.3. The first-order valence-corrected chi connectivity index (χ1v) is 13.3. The molecular weight excluding hydrogens is 424 g/mol. The monoisotopic (exact) mass is 468 g/mol. The zero-order valence-electron chi connectivity index (χ0n) is 21.0. The van der Waals surface area contributed by atoms with Crippen LogP contribution in [0.2, 0.25) is 0 Å². The number of amides is 1. The molecule has 0 aliphatic heterocycles. The highest BCUT2D eigenvalue weighted by Crippen LogP contribution is 2.19. The van der Waals surface area contributed by atoms with Gasteiger partial charge in [0, 0.05) is 29.9 Å². The number of H-pyrrole nitrogens is 1. The summed E-state index contributed by atoms with van der Waals surface area (Å²) in [5, 5.41) is 13.3. The lowest BCUT2D eigenvalue weighted by atomic mass is 10.0. The van der Waals surface area contributed by atoms with Gasteiger partial charge in [0.2, 0.25) is 5.91 Å². The van der Waals surface area contributed by atoms with E-state index in [1.807, 2.05) is 30.5 Å². The van der Waals surface area contributed by atoms with Gasteiger partial charge in [-0.3, -0.25) is 4.79 Å². The normalized spacial score (nSPS) is 12.4. The maximum absolute atomic E-state index is 12.3. The summed E-state index contributed by atoms with van der Waals surface area (Å²) >= 11 is 0. The van der Waals surface area contributed by atoms with Crippen molar-refractivity contribution in [2.75, 3.05) is 0 Å². The number of carboxylic acids is 1. The summed E-state index contributed by atoms with van der Waals surface area (Å²) in [7, 11) is 0. The van der Waals surface area contributed by atoms with Crippen molar-refractivity contribution in [2.24, 2.45) is 0 Å². The van der Waals surface area contributed by atoms with Crippen molar-refractivity contribution in [1.29, 1.82) is 0 Å². The number of nitrogens with one attached hydrogen (secondary N) is 2. The fraction of sp³-hybridized carbons (Fsp3) is 0.586. The van der Waals surface area contributed by atoms with Crippen molar-refractivity contribution in [3.63, 3.8) is 0 Å². The molecule has 1 atom stereocenters. The molecule has 188 valence electrons. The second-order valence-electron chi connectivity index (χ2n) is 9.36. The number of aromatic amines is 1. The summed E-state index contributed by atoms with van der Waals surface area (Å²) in [6.07, 6.45) is 22.9. The maximum atomic E-state index is 12.3. The number of carbonyl (C=O) groups is 2. The van der Waals surface area contributed by atoms with Gasteiger partial charge in [0.25, 0.3) is 0 Å². The number of para-hydroxylation sites is 1. The number of aliphatic carboxylic acids is 1. The molecule has 0 unspecified atom stereocenters. The van der Waals surface area contributed by atoms with Gasteiger partial charge in [0.1, 0.15) is 6.04 Å². The Labute approximate surface area is 205 Å². The molecule has 5 nitrogen and oxygen atoms in total. The van der Waals surface area contributed by atoms with E-state index in [4.69, 9.17) is 0 Å². The minimum atomic E-state index is -0.997. The molecule has 0 fully saturated rings. The number of hydrogen-bond donors (Lipinski definition) is 3. The molecule has 1 heterocycles. The Hall–Kier alpha value is -2.56. The van der Waals surface area contributed by atoms with E-state index >= 15 is 0 Å². The van der Waals surface area contributed by atoms with Gasteiger partial charge in [-0.1, -0.05) is 88.6 Å². The Morgan fingerprint density at radius 1 is 0.912 bits per heavy atom. The SMILES string of the molecule is CCCCCCCC/C=C\CCCCCCCC(=O)N[C@H](Cc1c[nH]c2ccccc12)C(=O)O. The fourth-order valence-electron chi connectivity index (χ4n) is 4.34. The van der Waals surface area contributed by atoms with Crippen LogP contribution in [0.1, 0.15) is 102 Å². The number of benzene rings is 1. The lowest BCUT2D eigenvalue weighted by Gasteiger charge is -2.14. The molecule has 1 aromatic heterocycles. The minimum Gasteiger partial charge on any atom is -0.480 e. The average Bonchev–Trinajstić information content (AvgIpc) is 3.24. The number of carbonyl (C=O) groups excluding carboxylic acids is 1. The highest BCUT2D eigenvalue weighted by molar-refractivity contribution is 5.86. The van der Waals surface area contributed by atoms with Crippen molar-refractivity contribution >= 4 is 22.8 Å². The molecule has 0 aliphatic carbocycles. The largest absolute Gasteiger partial charge is 0.480 e. The molecule has 3 N–H and O–H groups in total. The second kappa shape index (κ2) is 17.0. The summed E-state index contributed by atoms with van der Waals surface area (Å²) in [5.41, 5.74) is 1.88. The molecule has 0 saturated carbocycles. The molecule has 2 aromatic rings. The van der Waals surface area contributed by atoms with Gasteiger partial charge in [-0.15, -0.1) is 0 Å². The molecule has 5 heteroatoms. The highest BCUT2D eigenvalue weighted by Gasteiger charge is 2.21. The van der Waals surface area contributed by atoms with E-state index in [2.05, 4.69) is 29.4 Å².